The molecular weight excluding hydrogens is 259 g/mol. The molecule has 2 aromatic rings. The van der Waals surface area contributed by atoms with Crippen LogP contribution in [-0.4, -0.2) is 29.1 Å². The highest BCUT2D eigenvalue weighted by Crippen LogP contribution is 2.21. The van der Waals surface area contributed by atoms with E-state index < -0.39 is 12.7 Å². The second-order valence-corrected chi connectivity index (χ2v) is 4.25. The fourth-order valence-corrected chi connectivity index (χ4v) is 1.78. The minimum absolute atomic E-state index is 0.0184. The zero-order chi connectivity index (χ0) is 14.0. The van der Waals surface area contributed by atoms with Crippen LogP contribution < -0.4 is 5.73 Å². The Morgan fingerprint density at radius 2 is 2.11 bits per heavy atom. The van der Waals surface area contributed by atoms with Gasteiger partial charge in [-0.05, 0) is 18.7 Å². The van der Waals surface area contributed by atoms with Crippen molar-refractivity contribution in [1.29, 1.82) is 0 Å². The van der Waals surface area contributed by atoms with E-state index >= 15 is 0 Å². The number of nitrogens with zero attached hydrogens (tertiary/aromatic N) is 2. The Morgan fingerprint density at radius 1 is 1.37 bits per heavy atom. The molecule has 0 aliphatic heterocycles. The third-order valence-corrected chi connectivity index (χ3v) is 2.67. The van der Waals surface area contributed by atoms with E-state index in [1.165, 1.54) is 4.90 Å². The van der Waals surface area contributed by atoms with E-state index in [2.05, 4.69) is 4.98 Å². The molecular formula is C12H14F3N3O. The van der Waals surface area contributed by atoms with Crippen molar-refractivity contribution < 1.29 is 17.6 Å². The largest absolute Gasteiger partial charge is 0.439 e. The minimum atomic E-state index is -4.23. The van der Waals surface area contributed by atoms with Gasteiger partial charge in [0.25, 0.3) is 0 Å². The van der Waals surface area contributed by atoms with Gasteiger partial charge in [-0.25, -0.2) is 4.98 Å². The van der Waals surface area contributed by atoms with Crippen molar-refractivity contribution in [3.63, 3.8) is 0 Å². The zero-order valence-electron chi connectivity index (χ0n) is 10.4. The number of aromatic nitrogens is 1. The maximum Gasteiger partial charge on any atom is 0.401 e. The van der Waals surface area contributed by atoms with Gasteiger partial charge in [0, 0.05) is 11.8 Å². The quantitative estimate of drug-likeness (QED) is 0.870. The summed E-state index contributed by atoms with van der Waals surface area (Å²) in [6.45, 7) is 0.960. The molecule has 4 nitrogen and oxygen atoms in total. The van der Waals surface area contributed by atoms with E-state index in [9.17, 15) is 13.2 Å². The SMILES string of the molecule is CCN(Cc1nc2ccc(N)cc2o1)CC(F)(F)F. The maximum absolute atomic E-state index is 12.3. The van der Waals surface area contributed by atoms with Crippen LogP contribution in [0.25, 0.3) is 11.1 Å². The molecule has 1 aromatic carbocycles. The Kier molecular flexibility index (Phi) is 3.66. The van der Waals surface area contributed by atoms with Crippen molar-refractivity contribution in [3.05, 3.63) is 24.1 Å². The summed E-state index contributed by atoms with van der Waals surface area (Å²) in [4.78, 5) is 5.36. The molecule has 7 heteroatoms. The molecule has 2 N–H and O–H groups in total. The summed E-state index contributed by atoms with van der Waals surface area (Å²) in [5, 5.41) is 0. The molecule has 0 spiro atoms. The number of hydrogen-bond donors (Lipinski definition) is 1. The van der Waals surface area contributed by atoms with E-state index in [0.29, 0.717) is 16.8 Å². The topological polar surface area (TPSA) is 55.3 Å². The fourth-order valence-electron chi connectivity index (χ4n) is 1.78. The van der Waals surface area contributed by atoms with Gasteiger partial charge in [-0.15, -0.1) is 0 Å². The number of halogens is 3. The van der Waals surface area contributed by atoms with Crippen molar-refractivity contribution >= 4 is 16.8 Å². The zero-order valence-corrected chi connectivity index (χ0v) is 10.4. The lowest BCUT2D eigenvalue weighted by atomic mass is 10.3. The number of fused-ring (bicyclic) bond motifs is 1. The molecule has 0 radical (unpaired) electrons. The van der Waals surface area contributed by atoms with Crippen LogP contribution in [0.2, 0.25) is 0 Å². The Bertz CT molecular complexity index is 565. The molecule has 104 valence electrons. The lowest BCUT2D eigenvalue weighted by Gasteiger charge is -2.19. The fraction of sp³-hybridized carbons (Fsp3) is 0.417. The predicted octanol–water partition coefficient (Wildman–Crippen LogP) is 2.79. The molecule has 0 bridgehead atoms. The number of hydrogen-bond acceptors (Lipinski definition) is 4. The van der Waals surface area contributed by atoms with Gasteiger partial charge in [0.1, 0.15) is 5.52 Å². The van der Waals surface area contributed by atoms with Gasteiger partial charge in [-0.1, -0.05) is 6.92 Å². The third kappa shape index (κ3) is 3.60. The van der Waals surface area contributed by atoms with Crippen molar-refractivity contribution in [2.75, 3.05) is 18.8 Å². The second kappa shape index (κ2) is 5.08. The van der Waals surface area contributed by atoms with Gasteiger partial charge < -0.3 is 10.2 Å². The van der Waals surface area contributed by atoms with Crippen molar-refractivity contribution in [1.82, 2.24) is 9.88 Å². The number of anilines is 1. The summed E-state index contributed by atoms with van der Waals surface area (Å²) in [5.74, 6) is 0.256. The molecule has 0 fully saturated rings. The van der Waals surface area contributed by atoms with Crippen LogP contribution in [0.5, 0.6) is 0 Å². The molecule has 0 aliphatic carbocycles. The number of nitrogens with two attached hydrogens (primary N) is 1. The highest BCUT2D eigenvalue weighted by molar-refractivity contribution is 5.76. The summed E-state index contributed by atoms with van der Waals surface area (Å²) in [5.41, 5.74) is 7.20. The molecule has 0 aliphatic rings. The molecule has 1 aromatic heterocycles. The van der Waals surface area contributed by atoms with Gasteiger partial charge in [0.2, 0.25) is 5.89 Å². The Morgan fingerprint density at radius 3 is 2.74 bits per heavy atom. The molecule has 0 saturated carbocycles. The van der Waals surface area contributed by atoms with Crippen LogP contribution in [0.1, 0.15) is 12.8 Å². The minimum Gasteiger partial charge on any atom is -0.439 e. The molecule has 19 heavy (non-hydrogen) atoms. The highest BCUT2D eigenvalue weighted by atomic mass is 19.4. The van der Waals surface area contributed by atoms with E-state index in [-0.39, 0.29) is 19.0 Å². The Hall–Kier alpha value is -1.76. The molecule has 0 amide bonds. The first kappa shape index (κ1) is 13.7. The van der Waals surface area contributed by atoms with Gasteiger partial charge >= 0.3 is 6.18 Å². The van der Waals surface area contributed by atoms with Crippen LogP contribution in [0.15, 0.2) is 22.6 Å². The summed E-state index contributed by atoms with van der Waals surface area (Å²) < 4.78 is 42.4. The second-order valence-electron chi connectivity index (χ2n) is 4.25. The molecule has 0 unspecified atom stereocenters. The van der Waals surface area contributed by atoms with Gasteiger partial charge in [-0.2, -0.15) is 13.2 Å². The van der Waals surface area contributed by atoms with Crippen LogP contribution in [0.4, 0.5) is 18.9 Å². The Balaban J connectivity index is 2.15. The Labute approximate surface area is 108 Å². The molecule has 1 heterocycles. The van der Waals surface area contributed by atoms with Crippen LogP contribution in [0.3, 0.4) is 0 Å². The van der Waals surface area contributed by atoms with E-state index in [1.807, 2.05) is 0 Å². The number of rotatable bonds is 4. The van der Waals surface area contributed by atoms with Crippen LogP contribution in [0, 0.1) is 0 Å². The standard InChI is InChI=1S/C12H14F3N3O/c1-2-18(7-12(13,14)15)6-11-17-9-4-3-8(16)5-10(9)19-11/h3-5H,2,6-7,16H2,1H3. The summed E-state index contributed by atoms with van der Waals surface area (Å²) in [7, 11) is 0. The van der Waals surface area contributed by atoms with Gasteiger partial charge in [0.05, 0.1) is 13.1 Å². The molecule has 0 atom stereocenters. The smallest absolute Gasteiger partial charge is 0.401 e. The number of alkyl halides is 3. The number of nitrogen functional groups attached to an aromatic ring is 1. The lowest BCUT2D eigenvalue weighted by Crippen LogP contribution is -2.33. The average Bonchev–Trinajstić information content (AvgIpc) is 2.67. The first-order valence-electron chi connectivity index (χ1n) is 5.81. The third-order valence-electron chi connectivity index (χ3n) is 2.67. The summed E-state index contributed by atoms with van der Waals surface area (Å²) >= 11 is 0. The molecule has 0 saturated heterocycles. The van der Waals surface area contributed by atoms with E-state index in [0.717, 1.165) is 0 Å². The first-order chi connectivity index (χ1) is 8.87. The van der Waals surface area contributed by atoms with Gasteiger partial charge in [-0.3, -0.25) is 4.90 Å². The summed E-state index contributed by atoms with van der Waals surface area (Å²) in [6.07, 6.45) is -4.23. The maximum atomic E-state index is 12.3. The van der Waals surface area contributed by atoms with Crippen molar-refractivity contribution in [3.8, 4) is 0 Å². The number of oxazole rings is 1. The van der Waals surface area contributed by atoms with Gasteiger partial charge in [0.15, 0.2) is 5.58 Å². The number of benzene rings is 1. The van der Waals surface area contributed by atoms with E-state index in [4.69, 9.17) is 10.2 Å². The van der Waals surface area contributed by atoms with E-state index in [1.54, 1.807) is 25.1 Å². The van der Waals surface area contributed by atoms with Crippen LogP contribution >= 0.6 is 0 Å². The van der Waals surface area contributed by atoms with Crippen LogP contribution in [-0.2, 0) is 6.54 Å². The average molecular weight is 273 g/mol. The summed E-state index contributed by atoms with van der Waals surface area (Å²) in [6, 6.07) is 4.95. The monoisotopic (exact) mass is 273 g/mol. The molecule has 2 rings (SSSR count). The first-order valence-corrected chi connectivity index (χ1v) is 5.81. The predicted molar refractivity (Wildman–Crippen MR) is 65.4 cm³/mol. The van der Waals surface area contributed by atoms with Crippen molar-refractivity contribution in [2.24, 2.45) is 0 Å². The lowest BCUT2D eigenvalue weighted by molar-refractivity contribution is -0.147. The van der Waals surface area contributed by atoms with Crippen molar-refractivity contribution in [2.45, 2.75) is 19.6 Å². The highest BCUT2D eigenvalue weighted by Gasteiger charge is 2.30. The normalized spacial score (nSPS) is 12.5.